The average molecular weight is 442 g/mol. The maximum Gasteiger partial charge on any atom is 0.191 e. The Morgan fingerprint density at radius 2 is 2.10 bits per heavy atom. The first-order chi connectivity index (χ1) is 9.69. The van der Waals surface area contributed by atoms with Gasteiger partial charge >= 0.3 is 0 Å². The molecule has 0 aliphatic carbocycles. The number of rotatable bonds is 7. The van der Waals surface area contributed by atoms with Gasteiger partial charge in [0.25, 0.3) is 0 Å². The van der Waals surface area contributed by atoms with Crippen molar-refractivity contribution in [2.45, 2.75) is 26.3 Å². The highest BCUT2D eigenvalue weighted by Crippen LogP contribution is 2.21. The summed E-state index contributed by atoms with van der Waals surface area (Å²) in [6, 6.07) is 8.03. The van der Waals surface area contributed by atoms with Crippen LogP contribution in [-0.4, -0.2) is 31.1 Å². The summed E-state index contributed by atoms with van der Waals surface area (Å²) in [6.07, 6.45) is 3.21. The molecule has 0 radical (unpaired) electrons. The summed E-state index contributed by atoms with van der Waals surface area (Å²) in [4.78, 5) is 4.58. The molecular weight excluding hydrogens is 417 g/mol. The lowest BCUT2D eigenvalue weighted by Crippen LogP contribution is -2.38. The van der Waals surface area contributed by atoms with Crippen LogP contribution in [0.25, 0.3) is 0 Å². The second-order valence-electron chi connectivity index (χ2n) is 4.49. The van der Waals surface area contributed by atoms with E-state index in [-0.39, 0.29) is 30.0 Å². The molecule has 0 bridgehead atoms. The number of hydrogen-bond acceptors (Lipinski definition) is 2. The summed E-state index contributed by atoms with van der Waals surface area (Å²) in [7, 11) is 0. The highest BCUT2D eigenvalue weighted by molar-refractivity contribution is 14.0. The topological polar surface area (TPSA) is 36.4 Å². The molecule has 1 aromatic carbocycles. The lowest BCUT2D eigenvalue weighted by atomic mass is 10.1. The molecular formula is C15H25ClIN3S. The summed E-state index contributed by atoms with van der Waals surface area (Å²) >= 11 is 8.07. The molecule has 0 aliphatic heterocycles. The third-order valence-electron chi connectivity index (χ3n) is 2.85. The van der Waals surface area contributed by atoms with E-state index in [0.29, 0.717) is 0 Å². The Bertz CT molecular complexity index is 429. The maximum atomic E-state index is 6.22. The molecule has 0 saturated heterocycles. The van der Waals surface area contributed by atoms with Crippen LogP contribution in [0, 0.1) is 0 Å². The van der Waals surface area contributed by atoms with Crippen molar-refractivity contribution >= 4 is 53.3 Å². The quantitative estimate of drug-likeness (QED) is 0.286. The van der Waals surface area contributed by atoms with Gasteiger partial charge in [-0.25, -0.2) is 0 Å². The van der Waals surface area contributed by atoms with Crippen LogP contribution in [0.5, 0.6) is 0 Å². The van der Waals surface area contributed by atoms with Crippen LogP contribution in [-0.2, 0) is 0 Å². The molecule has 2 N–H and O–H groups in total. The van der Waals surface area contributed by atoms with Gasteiger partial charge in [-0.2, -0.15) is 11.8 Å². The number of thioether (sulfide) groups is 1. The second-order valence-corrected chi connectivity index (χ2v) is 5.89. The molecule has 0 saturated carbocycles. The van der Waals surface area contributed by atoms with E-state index in [1.807, 2.05) is 36.0 Å². The van der Waals surface area contributed by atoms with Crippen LogP contribution in [0.1, 0.15) is 31.9 Å². The zero-order valence-electron chi connectivity index (χ0n) is 12.9. The van der Waals surface area contributed by atoms with Crippen molar-refractivity contribution in [3.63, 3.8) is 0 Å². The molecule has 3 nitrogen and oxygen atoms in total. The van der Waals surface area contributed by atoms with Crippen molar-refractivity contribution in [1.82, 2.24) is 10.6 Å². The maximum absolute atomic E-state index is 6.22. The molecule has 0 heterocycles. The monoisotopic (exact) mass is 441 g/mol. The van der Waals surface area contributed by atoms with Crippen LogP contribution in [0.15, 0.2) is 29.3 Å². The molecule has 120 valence electrons. The predicted molar refractivity (Wildman–Crippen MR) is 107 cm³/mol. The molecule has 6 heteroatoms. The fourth-order valence-electron chi connectivity index (χ4n) is 1.83. The van der Waals surface area contributed by atoms with Gasteiger partial charge in [-0.3, -0.25) is 4.99 Å². The van der Waals surface area contributed by atoms with Crippen molar-refractivity contribution < 1.29 is 0 Å². The number of halogens is 2. The molecule has 0 fully saturated rings. The minimum atomic E-state index is 0. The molecule has 1 rings (SSSR count). The summed E-state index contributed by atoms with van der Waals surface area (Å²) in [5.41, 5.74) is 1.09. The Balaban J connectivity index is 0.00000400. The highest BCUT2D eigenvalue weighted by Gasteiger charge is 2.10. The van der Waals surface area contributed by atoms with Gasteiger partial charge in [-0.1, -0.05) is 29.8 Å². The minimum absolute atomic E-state index is 0. The molecule has 1 unspecified atom stereocenters. The predicted octanol–water partition coefficient (Wildman–Crippen LogP) is 4.33. The SMILES string of the molecule is CCNC(=NCCCSC)NC(C)c1ccccc1Cl.I. The van der Waals surface area contributed by atoms with Gasteiger partial charge in [0.2, 0.25) is 0 Å². The van der Waals surface area contributed by atoms with E-state index >= 15 is 0 Å². The molecule has 0 spiro atoms. The first-order valence-corrected chi connectivity index (χ1v) is 8.74. The van der Waals surface area contributed by atoms with E-state index in [0.717, 1.165) is 41.8 Å². The number of aliphatic imine (C=N–C) groups is 1. The van der Waals surface area contributed by atoms with Gasteiger partial charge < -0.3 is 10.6 Å². The fraction of sp³-hybridized carbons (Fsp3) is 0.533. The van der Waals surface area contributed by atoms with Crippen LogP contribution < -0.4 is 10.6 Å². The zero-order valence-corrected chi connectivity index (χ0v) is 16.8. The van der Waals surface area contributed by atoms with Crippen LogP contribution in [0.4, 0.5) is 0 Å². The Morgan fingerprint density at radius 3 is 2.71 bits per heavy atom. The third kappa shape index (κ3) is 8.16. The standard InChI is InChI=1S/C15H24ClN3S.HI/c1-4-17-15(18-10-7-11-20-3)19-12(2)13-8-5-6-9-14(13)16;/h5-6,8-9,12H,4,7,10-11H2,1-3H3,(H2,17,18,19);1H. The second kappa shape index (κ2) is 12.4. The minimum Gasteiger partial charge on any atom is -0.357 e. The molecule has 1 aromatic rings. The first kappa shape index (κ1) is 20.9. The molecule has 1 atom stereocenters. The molecule has 0 aromatic heterocycles. The van der Waals surface area contributed by atoms with E-state index in [1.165, 1.54) is 0 Å². The summed E-state index contributed by atoms with van der Waals surface area (Å²) in [5, 5.41) is 7.45. The summed E-state index contributed by atoms with van der Waals surface area (Å²) in [5.74, 6) is 1.99. The van der Waals surface area contributed by atoms with Gasteiger partial charge in [-0.15, -0.1) is 24.0 Å². The van der Waals surface area contributed by atoms with Gasteiger partial charge in [0.1, 0.15) is 0 Å². The molecule has 0 aliphatic rings. The fourth-order valence-corrected chi connectivity index (χ4v) is 2.55. The summed E-state index contributed by atoms with van der Waals surface area (Å²) in [6.45, 7) is 5.85. The van der Waals surface area contributed by atoms with Gasteiger partial charge in [0.15, 0.2) is 5.96 Å². The van der Waals surface area contributed by atoms with Crippen molar-refractivity contribution in [3.8, 4) is 0 Å². The highest BCUT2D eigenvalue weighted by atomic mass is 127. The van der Waals surface area contributed by atoms with E-state index in [4.69, 9.17) is 11.6 Å². The Labute approximate surface area is 154 Å². The van der Waals surface area contributed by atoms with Crippen LogP contribution >= 0.6 is 47.3 Å². The smallest absolute Gasteiger partial charge is 0.191 e. The van der Waals surface area contributed by atoms with Crippen molar-refractivity contribution in [3.05, 3.63) is 34.9 Å². The Kier molecular flexibility index (Phi) is 12.3. The van der Waals surface area contributed by atoms with E-state index in [9.17, 15) is 0 Å². The number of benzene rings is 1. The largest absolute Gasteiger partial charge is 0.357 e. The third-order valence-corrected chi connectivity index (χ3v) is 3.89. The molecule has 0 amide bonds. The number of guanidine groups is 1. The Hall–Kier alpha value is -0.140. The lowest BCUT2D eigenvalue weighted by molar-refractivity contribution is 0.686. The van der Waals surface area contributed by atoms with E-state index in [1.54, 1.807) is 0 Å². The summed E-state index contributed by atoms with van der Waals surface area (Å²) < 4.78 is 0. The van der Waals surface area contributed by atoms with Crippen LogP contribution in [0.2, 0.25) is 5.02 Å². The lowest BCUT2D eigenvalue weighted by Gasteiger charge is -2.19. The Morgan fingerprint density at radius 1 is 1.38 bits per heavy atom. The van der Waals surface area contributed by atoms with E-state index in [2.05, 4.69) is 35.7 Å². The van der Waals surface area contributed by atoms with Crippen molar-refractivity contribution in [1.29, 1.82) is 0 Å². The molecule has 21 heavy (non-hydrogen) atoms. The van der Waals surface area contributed by atoms with Crippen LogP contribution in [0.3, 0.4) is 0 Å². The van der Waals surface area contributed by atoms with Gasteiger partial charge in [0.05, 0.1) is 6.04 Å². The number of nitrogens with zero attached hydrogens (tertiary/aromatic N) is 1. The van der Waals surface area contributed by atoms with Gasteiger partial charge in [0, 0.05) is 18.1 Å². The average Bonchev–Trinajstić information content (AvgIpc) is 2.44. The normalized spacial score (nSPS) is 12.5. The number of nitrogens with one attached hydrogen (secondary N) is 2. The van der Waals surface area contributed by atoms with E-state index < -0.39 is 0 Å². The first-order valence-electron chi connectivity index (χ1n) is 6.97. The van der Waals surface area contributed by atoms with Gasteiger partial charge in [-0.05, 0) is 43.9 Å². The van der Waals surface area contributed by atoms with Crippen molar-refractivity contribution in [2.75, 3.05) is 25.1 Å². The number of hydrogen-bond donors (Lipinski definition) is 2. The zero-order chi connectivity index (χ0) is 14.8. The van der Waals surface area contributed by atoms with Crippen molar-refractivity contribution in [2.24, 2.45) is 4.99 Å².